The summed E-state index contributed by atoms with van der Waals surface area (Å²) in [6.45, 7) is 0.624. The van der Waals surface area contributed by atoms with E-state index in [2.05, 4.69) is 36.4 Å². The zero-order valence-electron chi connectivity index (χ0n) is 27.6. The number of carbonyl (C=O) groups is 1. The molecule has 0 aliphatic carbocycles. The van der Waals surface area contributed by atoms with Crippen molar-refractivity contribution in [3.63, 3.8) is 0 Å². The van der Waals surface area contributed by atoms with Crippen molar-refractivity contribution in [3.8, 4) is 11.5 Å². The van der Waals surface area contributed by atoms with Gasteiger partial charge in [0.25, 0.3) is 0 Å². The zero-order chi connectivity index (χ0) is 33.9. The molecule has 250 valence electrons. The van der Waals surface area contributed by atoms with Crippen LogP contribution >= 0.6 is 0 Å². The Morgan fingerprint density at radius 2 is 1.06 bits per heavy atom. The van der Waals surface area contributed by atoms with E-state index < -0.39 is 23.9 Å². The van der Waals surface area contributed by atoms with Gasteiger partial charge < -0.3 is 28.4 Å². The highest BCUT2D eigenvalue weighted by Crippen LogP contribution is 2.41. The van der Waals surface area contributed by atoms with Crippen LogP contribution in [0.5, 0.6) is 11.5 Å². The second-order valence-electron chi connectivity index (χ2n) is 11.7. The molecule has 0 bridgehead atoms. The van der Waals surface area contributed by atoms with Crippen molar-refractivity contribution >= 4 is 6.29 Å². The molecule has 5 aromatic carbocycles. The van der Waals surface area contributed by atoms with E-state index >= 15 is 0 Å². The van der Waals surface area contributed by atoms with Gasteiger partial charge in [0.05, 0.1) is 45.9 Å². The second-order valence-corrected chi connectivity index (χ2v) is 11.7. The molecular weight excluding hydrogens is 616 g/mol. The molecular formula is C42H40O7. The van der Waals surface area contributed by atoms with E-state index in [9.17, 15) is 4.79 Å². The summed E-state index contributed by atoms with van der Waals surface area (Å²) in [6.07, 6.45) is 0.202. The average Bonchev–Trinajstić information content (AvgIpc) is 3.18. The Kier molecular flexibility index (Phi) is 11.2. The number of methoxy groups -OCH3 is 2. The van der Waals surface area contributed by atoms with Gasteiger partial charge >= 0.3 is 0 Å². The quantitative estimate of drug-likeness (QED) is 0.0846. The van der Waals surface area contributed by atoms with Crippen molar-refractivity contribution in [3.05, 3.63) is 179 Å². The first kappa shape index (κ1) is 33.7. The van der Waals surface area contributed by atoms with Crippen molar-refractivity contribution < 1.29 is 33.2 Å². The molecule has 6 rings (SSSR count). The molecule has 1 aliphatic heterocycles. The first-order chi connectivity index (χ1) is 24.1. The number of hydrogen-bond acceptors (Lipinski definition) is 7. The van der Waals surface area contributed by atoms with Gasteiger partial charge in [-0.2, -0.15) is 0 Å². The molecule has 0 saturated heterocycles. The van der Waals surface area contributed by atoms with E-state index in [0.717, 1.165) is 45.6 Å². The summed E-state index contributed by atoms with van der Waals surface area (Å²) in [6, 6.07) is 45.8. The van der Waals surface area contributed by atoms with Crippen molar-refractivity contribution in [2.45, 2.75) is 37.1 Å². The number of ether oxygens (including phenoxy) is 6. The van der Waals surface area contributed by atoms with Crippen molar-refractivity contribution in [1.82, 2.24) is 0 Å². The Labute approximate surface area is 287 Å². The van der Waals surface area contributed by atoms with E-state index in [0.29, 0.717) is 5.57 Å². The van der Waals surface area contributed by atoms with Crippen LogP contribution < -0.4 is 9.47 Å². The van der Waals surface area contributed by atoms with Crippen LogP contribution in [0.1, 0.15) is 27.8 Å². The third kappa shape index (κ3) is 7.76. The first-order valence-corrected chi connectivity index (χ1v) is 16.2. The molecule has 0 amide bonds. The lowest BCUT2D eigenvalue weighted by atomic mass is 9.80. The molecule has 7 nitrogen and oxygen atoms in total. The lowest BCUT2D eigenvalue weighted by molar-refractivity contribution is -0.162. The number of aldehydes is 1. The Bertz CT molecular complexity index is 1680. The minimum absolute atomic E-state index is 0.122. The molecule has 3 atom stereocenters. The molecule has 0 fully saturated rings. The standard InChI is InChI=1S/C42H40O7/c1-44-37-22-18-31(19-23-37)27-47-40-33(26-43)29-46-39(41(40)48-28-32-20-24-38(45-2)25-21-32)30-49-42(34-12-6-3-7-13-34,35-14-8-4-9-15-35)36-16-10-5-11-17-36/h3-26,29,39-41H,27-28,30H2,1-2H3/t39-,40-,41-/m1/s1. The molecule has 1 heterocycles. The van der Waals surface area contributed by atoms with Gasteiger partial charge in [-0.15, -0.1) is 0 Å². The van der Waals surface area contributed by atoms with Crippen LogP contribution in [0.4, 0.5) is 0 Å². The smallest absolute Gasteiger partial charge is 0.151 e. The maximum atomic E-state index is 12.4. The lowest BCUT2D eigenvalue weighted by Crippen LogP contribution is -2.49. The summed E-state index contributed by atoms with van der Waals surface area (Å²) < 4.78 is 37.2. The minimum atomic E-state index is -0.970. The molecule has 0 radical (unpaired) electrons. The molecule has 5 aromatic rings. The highest BCUT2D eigenvalue weighted by atomic mass is 16.6. The third-order valence-electron chi connectivity index (χ3n) is 8.70. The molecule has 0 N–H and O–H groups in total. The summed E-state index contributed by atoms with van der Waals surface area (Å²) in [5.41, 5.74) is 4.15. The van der Waals surface area contributed by atoms with Crippen LogP contribution in [-0.2, 0) is 42.6 Å². The summed E-state index contributed by atoms with van der Waals surface area (Å²) >= 11 is 0. The topological polar surface area (TPSA) is 72.5 Å². The monoisotopic (exact) mass is 656 g/mol. The van der Waals surface area contributed by atoms with E-state index in [1.807, 2.05) is 103 Å². The predicted molar refractivity (Wildman–Crippen MR) is 187 cm³/mol. The van der Waals surface area contributed by atoms with Crippen LogP contribution in [0.3, 0.4) is 0 Å². The largest absolute Gasteiger partial charge is 0.497 e. The van der Waals surface area contributed by atoms with Gasteiger partial charge in [0.2, 0.25) is 0 Å². The second kappa shape index (κ2) is 16.3. The average molecular weight is 657 g/mol. The van der Waals surface area contributed by atoms with Crippen molar-refractivity contribution in [2.24, 2.45) is 0 Å². The Hall–Kier alpha value is -5.21. The Morgan fingerprint density at radius 1 is 0.612 bits per heavy atom. The third-order valence-corrected chi connectivity index (χ3v) is 8.70. The van der Waals surface area contributed by atoms with E-state index in [-0.39, 0.29) is 19.8 Å². The van der Waals surface area contributed by atoms with Crippen LogP contribution in [0, 0.1) is 0 Å². The zero-order valence-corrected chi connectivity index (χ0v) is 27.6. The number of rotatable bonds is 15. The van der Waals surface area contributed by atoms with Gasteiger partial charge in [-0.3, -0.25) is 4.79 Å². The summed E-state index contributed by atoms with van der Waals surface area (Å²) in [7, 11) is 3.26. The molecule has 0 saturated carbocycles. The lowest BCUT2D eigenvalue weighted by Gasteiger charge is -2.40. The van der Waals surface area contributed by atoms with Gasteiger partial charge in [-0.1, -0.05) is 115 Å². The fourth-order valence-corrected chi connectivity index (χ4v) is 6.11. The molecule has 0 spiro atoms. The summed E-state index contributed by atoms with van der Waals surface area (Å²) in [5.74, 6) is 1.50. The SMILES string of the molecule is COc1ccc(CO[C@H]2[C@H](OCc3ccc(OC)cc3)C(C=O)=CO[C@@H]2COC(c2ccccc2)(c2ccccc2)c2ccccc2)cc1. The van der Waals surface area contributed by atoms with E-state index in [1.165, 1.54) is 6.26 Å². The predicted octanol–water partition coefficient (Wildman–Crippen LogP) is 7.66. The van der Waals surface area contributed by atoms with Crippen molar-refractivity contribution in [2.75, 3.05) is 20.8 Å². The molecule has 49 heavy (non-hydrogen) atoms. The van der Waals surface area contributed by atoms with Gasteiger partial charge in [-0.25, -0.2) is 0 Å². The van der Waals surface area contributed by atoms with Gasteiger partial charge in [0.1, 0.15) is 29.3 Å². The van der Waals surface area contributed by atoms with Crippen LogP contribution in [0.2, 0.25) is 0 Å². The van der Waals surface area contributed by atoms with Crippen LogP contribution in [0.15, 0.2) is 151 Å². The normalized spacial score (nSPS) is 17.4. The fourth-order valence-electron chi connectivity index (χ4n) is 6.11. The van der Waals surface area contributed by atoms with Gasteiger partial charge in [-0.05, 0) is 52.1 Å². The number of carbonyl (C=O) groups excluding carboxylic acids is 1. The van der Waals surface area contributed by atoms with Gasteiger partial charge in [0.15, 0.2) is 12.4 Å². The Balaban J connectivity index is 1.34. The maximum Gasteiger partial charge on any atom is 0.151 e. The fraction of sp³-hybridized carbons (Fsp3) is 0.214. The first-order valence-electron chi connectivity index (χ1n) is 16.2. The molecule has 1 aliphatic rings. The van der Waals surface area contributed by atoms with Crippen LogP contribution in [0.25, 0.3) is 0 Å². The van der Waals surface area contributed by atoms with Crippen molar-refractivity contribution in [1.29, 1.82) is 0 Å². The molecule has 0 unspecified atom stereocenters. The van der Waals surface area contributed by atoms with E-state index in [4.69, 9.17) is 28.4 Å². The minimum Gasteiger partial charge on any atom is -0.497 e. The highest BCUT2D eigenvalue weighted by Gasteiger charge is 2.43. The Morgan fingerprint density at radius 3 is 1.49 bits per heavy atom. The molecule has 0 aromatic heterocycles. The van der Waals surface area contributed by atoms with Crippen LogP contribution in [-0.4, -0.2) is 45.4 Å². The highest BCUT2D eigenvalue weighted by molar-refractivity contribution is 5.75. The summed E-state index contributed by atoms with van der Waals surface area (Å²) in [4.78, 5) is 12.4. The van der Waals surface area contributed by atoms with E-state index in [1.54, 1.807) is 14.2 Å². The van der Waals surface area contributed by atoms with Gasteiger partial charge in [0, 0.05) is 0 Å². The maximum absolute atomic E-state index is 12.4. The molecule has 7 heteroatoms. The number of hydrogen-bond donors (Lipinski definition) is 0. The summed E-state index contributed by atoms with van der Waals surface area (Å²) in [5, 5.41) is 0. The number of benzene rings is 5.